The van der Waals surface area contributed by atoms with Crippen LogP contribution in [0.5, 0.6) is 0 Å². The standard InChI is InChI=1S/C20H15F3N2O3S/c1-19(2)8-16(26)14(18(27)28-19)7-12(9-24)17-25-15(10-29-17)11-3-5-13(6-4-11)20(21,22)23/h3-7,10,26H,8H2,1-2H3/b12-7+. The number of esters is 1. The van der Waals surface area contributed by atoms with Crippen molar-refractivity contribution in [3.63, 3.8) is 0 Å². The smallest absolute Gasteiger partial charge is 0.416 e. The molecular weight excluding hydrogens is 405 g/mol. The van der Waals surface area contributed by atoms with Gasteiger partial charge in [0, 0.05) is 17.4 Å². The molecule has 5 nitrogen and oxygen atoms in total. The number of aliphatic hydroxyl groups excluding tert-OH is 1. The summed E-state index contributed by atoms with van der Waals surface area (Å²) in [4.78, 5) is 16.4. The minimum absolute atomic E-state index is 0.0337. The van der Waals surface area contributed by atoms with Crippen LogP contribution in [0.1, 0.15) is 30.8 Å². The zero-order chi connectivity index (χ0) is 21.4. The maximum absolute atomic E-state index is 12.7. The quantitative estimate of drug-likeness (QED) is 0.540. The third-order valence-corrected chi connectivity index (χ3v) is 5.02. The number of nitriles is 1. The van der Waals surface area contributed by atoms with Gasteiger partial charge in [-0.05, 0) is 32.1 Å². The second-order valence-corrected chi connectivity index (χ2v) is 7.83. The van der Waals surface area contributed by atoms with Crippen LogP contribution in [0.15, 0.2) is 47.1 Å². The molecular formula is C20H15F3N2O3S. The van der Waals surface area contributed by atoms with Crippen molar-refractivity contribution in [3.8, 4) is 17.3 Å². The summed E-state index contributed by atoms with van der Waals surface area (Å²) in [5.74, 6) is -0.926. The number of hydrogen-bond acceptors (Lipinski definition) is 6. The van der Waals surface area contributed by atoms with E-state index in [2.05, 4.69) is 4.98 Å². The first kappa shape index (κ1) is 20.6. The van der Waals surface area contributed by atoms with Gasteiger partial charge >= 0.3 is 12.1 Å². The number of benzene rings is 1. The van der Waals surface area contributed by atoms with Crippen LogP contribution in [0.4, 0.5) is 13.2 Å². The van der Waals surface area contributed by atoms with Gasteiger partial charge in [-0.2, -0.15) is 18.4 Å². The van der Waals surface area contributed by atoms with E-state index in [1.807, 2.05) is 6.07 Å². The van der Waals surface area contributed by atoms with Crippen LogP contribution in [-0.4, -0.2) is 21.7 Å². The summed E-state index contributed by atoms with van der Waals surface area (Å²) in [5.41, 5.74) is -0.847. The number of alkyl halides is 3. The maximum Gasteiger partial charge on any atom is 0.416 e. The Hall–Kier alpha value is -3.12. The summed E-state index contributed by atoms with van der Waals surface area (Å²) in [6.45, 7) is 3.31. The fourth-order valence-corrected chi connectivity index (χ4v) is 3.54. The van der Waals surface area contributed by atoms with Gasteiger partial charge < -0.3 is 9.84 Å². The molecule has 0 saturated heterocycles. The molecule has 0 spiro atoms. The molecule has 2 heterocycles. The van der Waals surface area contributed by atoms with Crippen molar-refractivity contribution in [2.24, 2.45) is 0 Å². The van der Waals surface area contributed by atoms with Crippen LogP contribution in [0.25, 0.3) is 16.8 Å². The van der Waals surface area contributed by atoms with E-state index < -0.39 is 23.3 Å². The second-order valence-electron chi connectivity index (χ2n) is 6.97. The highest BCUT2D eigenvalue weighted by molar-refractivity contribution is 7.11. The summed E-state index contributed by atoms with van der Waals surface area (Å²) < 4.78 is 43.3. The molecule has 0 saturated carbocycles. The zero-order valence-electron chi connectivity index (χ0n) is 15.4. The molecule has 29 heavy (non-hydrogen) atoms. The lowest BCUT2D eigenvalue weighted by Crippen LogP contribution is -2.34. The molecule has 0 radical (unpaired) electrons. The van der Waals surface area contributed by atoms with E-state index in [9.17, 15) is 28.3 Å². The average molecular weight is 420 g/mol. The van der Waals surface area contributed by atoms with Crippen molar-refractivity contribution >= 4 is 22.9 Å². The SMILES string of the molecule is CC1(C)CC(O)=C(/C=C(\C#N)c2nc(-c3ccc(C(F)(F)F)cc3)cs2)C(=O)O1. The molecule has 1 aliphatic heterocycles. The molecule has 9 heteroatoms. The fraction of sp³-hybridized carbons (Fsp3) is 0.250. The highest BCUT2D eigenvalue weighted by Gasteiger charge is 2.34. The predicted octanol–water partition coefficient (Wildman–Crippen LogP) is 5.27. The van der Waals surface area contributed by atoms with Gasteiger partial charge in [0.15, 0.2) is 0 Å². The first-order valence-electron chi connectivity index (χ1n) is 8.41. The molecule has 0 amide bonds. The second kappa shape index (κ2) is 7.37. The Labute approximate surface area is 168 Å². The third kappa shape index (κ3) is 4.49. The van der Waals surface area contributed by atoms with Gasteiger partial charge in [0.05, 0.1) is 22.4 Å². The van der Waals surface area contributed by atoms with Gasteiger partial charge in [-0.1, -0.05) is 12.1 Å². The van der Waals surface area contributed by atoms with Crippen molar-refractivity contribution in [1.29, 1.82) is 5.26 Å². The number of ether oxygens (including phenoxy) is 1. The number of hydrogen-bond donors (Lipinski definition) is 1. The highest BCUT2D eigenvalue weighted by atomic mass is 32.1. The minimum Gasteiger partial charge on any atom is -0.511 e. The van der Waals surface area contributed by atoms with Crippen molar-refractivity contribution in [3.05, 3.63) is 57.6 Å². The van der Waals surface area contributed by atoms with E-state index >= 15 is 0 Å². The molecule has 1 aromatic carbocycles. The van der Waals surface area contributed by atoms with Gasteiger partial charge in [0.1, 0.15) is 22.4 Å². The van der Waals surface area contributed by atoms with E-state index in [1.165, 1.54) is 18.2 Å². The lowest BCUT2D eigenvalue weighted by Gasteiger charge is -2.29. The Bertz CT molecular complexity index is 1060. The number of cyclic esters (lactones) is 1. The van der Waals surface area contributed by atoms with E-state index in [0.717, 1.165) is 23.5 Å². The lowest BCUT2D eigenvalue weighted by atomic mass is 9.96. The Balaban J connectivity index is 1.91. The average Bonchev–Trinajstić information content (AvgIpc) is 3.09. The zero-order valence-corrected chi connectivity index (χ0v) is 16.2. The Morgan fingerprint density at radius 1 is 1.34 bits per heavy atom. The number of aliphatic hydroxyl groups is 1. The molecule has 0 fully saturated rings. The van der Waals surface area contributed by atoms with Crippen LogP contribution in [0.3, 0.4) is 0 Å². The van der Waals surface area contributed by atoms with E-state index in [1.54, 1.807) is 19.2 Å². The number of carbonyl (C=O) groups is 1. The van der Waals surface area contributed by atoms with Crippen LogP contribution in [-0.2, 0) is 15.7 Å². The minimum atomic E-state index is -4.43. The largest absolute Gasteiger partial charge is 0.511 e. The number of thiazole rings is 1. The Kier molecular flexibility index (Phi) is 5.24. The Morgan fingerprint density at radius 3 is 2.55 bits per heavy atom. The molecule has 3 rings (SSSR count). The number of carbonyl (C=O) groups excluding carboxylic acids is 1. The summed E-state index contributed by atoms with van der Waals surface area (Å²) in [7, 11) is 0. The van der Waals surface area contributed by atoms with Crippen molar-refractivity contribution in [2.45, 2.75) is 32.0 Å². The summed E-state index contributed by atoms with van der Waals surface area (Å²) in [6, 6.07) is 6.44. The summed E-state index contributed by atoms with van der Waals surface area (Å²) in [6.07, 6.45) is -3.11. The lowest BCUT2D eigenvalue weighted by molar-refractivity contribution is -0.154. The molecule has 0 atom stereocenters. The van der Waals surface area contributed by atoms with Gasteiger partial charge in [-0.25, -0.2) is 9.78 Å². The number of rotatable bonds is 3. The maximum atomic E-state index is 12.7. The fourth-order valence-electron chi connectivity index (χ4n) is 2.75. The van der Waals surface area contributed by atoms with Crippen molar-refractivity contribution in [2.75, 3.05) is 0 Å². The first-order chi connectivity index (χ1) is 13.5. The van der Waals surface area contributed by atoms with Gasteiger partial charge in [0.2, 0.25) is 0 Å². The van der Waals surface area contributed by atoms with Crippen LogP contribution in [0.2, 0.25) is 0 Å². The van der Waals surface area contributed by atoms with Crippen molar-refractivity contribution < 1.29 is 27.8 Å². The van der Waals surface area contributed by atoms with E-state index in [-0.39, 0.29) is 28.3 Å². The van der Waals surface area contributed by atoms with E-state index in [0.29, 0.717) is 11.3 Å². The number of allylic oxidation sites excluding steroid dienone is 1. The molecule has 0 unspecified atom stereocenters. The third-order valence-electron chi connectivity index (χ3n) is 4.14. The molecule has 2 aromatic rings. The molecule has 1 aliphatic rings. The van der Waals surface area contributed by atoms with Gasteiger partial charge in [0.25, 0.3) is 0 Å². The van der Waals surface area contributed by atoms with Crippen LogP contribution in [0, 0.1) is 11.3 Å². The highest BCUT2D eigenvalue weighted by Crippen LogP contribution is 2.33. The van der Waals surface area contributed by atoms with Crippen LogP contribution >= 0.6 is 11.3 Å². The van der Waals surface area contributed by atoms with Gasteiger partial charge in [-0.15, -0.1) is 11.3 Å². The number of aromatic nitrogens is 1. The predicted molar refractivity (Wildman–Crippen MR) is 101 cm³/mol. The van der Waals surface area contributed by atoms with Crippen molar-refractivity contribution in [1.82, 2.24) is 4.98 Å². The molecule has 0 aliphatic carbocycles. The summed E-state index contributed by atoms with van der Waals surface area (Å²) in [5, 5.41) is 21.5. The number of halogens is 3. The first-order valence-corrected chi connectivity index (χ1v) is 9.29. The molecule has 150 valence electrons. The normalized spacial score (nSPS) is 17.1. The van der Waals surface area contributed by atoms with Crippen LogP contribution < -0.4 is 0 Å². The van der Waals surface area contributed by atoms with Gasteiger partial charge in [-0.3, -0.25) is 0 Å². The molecule has 0 bridgehead atoms. The monoisotopic (exact) mass is 420 g/mol. The molecule has 1 aromatic heterocycles. The van der Waals surface area contributed by atoms with E-state index in [4.69, 9.17) is 4.74 Å². The topological polar surface area (TPSA) is 83.2 Å². The molecule has 1 N–H and O–H groups in total. The number of nitrogens with zero attached hydrogens (tertiary/aromatic N) is 2. The Morgan fingerprint density at radius 2 is 2.00 bits per heavy atom. The summed E-state index contributed by atoms with van der Waals surface area (Å²) >= 11 is 1.10.